The van der Waals surface area contributed by atoms with Crippen LogP contribution in [0.1, 0.15) is 12.8 Å². The van der Waals surface area contributed by atoms with Crippen molar-refractivity contribution in [3.63, 3.8) is 0 Å². The lowest BCUT2D eigenvalue weighted by atomic mass is 9.89. The Kier molecular flexibility index (Phi) is 5.85. The molecule has 2 saturated heterocycles. The Bertz CT molecular complexity index is 502. The number of aliphatic hydroxyl groups is 4. The maximum atomic E-state index is 10.6. The van der Waals surface area contributed by atoms with Crippen LogP contribution in [0.4, 0.5) is 0 Å². The summed E-state index contributed by atoms with van der Waals surface area (Å²) >= 11 is 3.26. The van der Waals surface area contributed by atoms with E-state index in [4.69, 9.17) is 20.1 Å². The molecule has 0 unspecified atom stereocenters. The molecule has 4 N–H and O–H groups in total. The Labute approximate surface area is 147 Å². The third kappa shape index (κ3) is 3.37. The van der Waals surface area contributed by atoms with Crippen LogP contribution in [-0.4, -0.2) is 85.5 Å². The molecule has 1 saturated carbocycles. The molecule has 0 aromatic carbocycles. The molecule has 0 aromatic heterocycles. The lowest BCUT2D eigenvalue weighted by molar-refractivity contribution is -0.202. The maximum absolute atomic E-state index is 10.6. The number of hydrogen-bond acceptors (Lipinski definition) is 9. The minimum absolute atomic E-state index is 0.306. The summed E-state index contributed by atoms with van der Waals surface area (Å²) in [6.07, 6.45) is -4.76. The molecule has 0 aromatic rings. The van der Waals surface area contributed by atoms with Gasteiger partial charge in [-0.05, 0) is 12.0 Å². The third-order valence-electron chi connectivity index (χ3n) is 4.63. The van der Waals surface area contributed by atoms with Crippen LogP contribution in [0.2, 0.25) is 0 Å². The van der Waals surface area contributed by atoms with Crippen molar-refractivity contribution >= 4 is 23.5 Å². The Hall–Kier alpha value is -0.230. The van der Waals surface area contributed by atoms with Crippen LogP contribution in [0.25, 0.3) is 10.4 Å². The summed E-state index contributed by atoms with van der Waals surface area (Å²) in [5, 5.41) is 43.3. The fraction of sp³-hybridized carbons (Fsp3) is 1.00. The van der Waals surface area contributed by atoms with E-state index in [0.717, 1.165) is 11.5 Å². The van der Waals surface area contributed by atoms with Gasteiger partial charge in [-0.3, -0.25) is 0 Å². The molecule has 1 spiro atoms. The number of azide groups is 1. The molecule has 9 nitrogen and oxygen atoms in total. The molecule has 136 valence electrons. The quantitative estimate of drug-likeness (QED) is 0.299. The van der Waals surface area contributed by atoms with Crippen molar-refractivity contribution in [3.05, 3.63) is 10.4 Å². The Morgan fingerprint density at radius 2 is 1.96 bits per heavy atom. The van der Waals surface area contributed by atoms with Crippen LogP contribution in [0, 0.1) is 0 Å². The van der Waals surface area contributed by atoms with Gasteiger partial charge in [0.2, 0.25) is 0 Å². The predicted molar refractivity (Wildman–Crippen MR) is 88.5 cm³/mol. The van der Waals surface area contributed by atoms with Crippen LogP contribution in [0.5, 0.6) is 0 Å². The average molecular weight is 379 g/mol. The second-order valence-corrected chi connectivity index (χ2v) is 9.24. The van der Waals surface area contributed by atoms with Crippen molar-refractivity contribution in [3.8, 4) is 0 Å². The molecule has 3 aliphatic rings. The lowest BCUT2D eigenvalue weighted by Crippen LogP contribution is -2.52. The van der Waals surface area contributed by atoms with Crippen LogP contribution in [0.3, 0.4) is 0 Å². The number of aliphatic hydroxyl groups excluding tert-OH is 4. The first kappa shape index (κ1) is 18.6. The van der Waals surface area contributed by atoms with Crippen molar-refractivity contribution < 1.29 is 29.9 Å². The molecule has 11 heteroatoms. The zero-order valence-corrected chi connectivity index (χ0v) is 14.5. The minimum Gasteiger partial charge on any atom is -0.394 e. The van der Waals surface area contributed by atoms with E-state index in [-0.39, 0.29) is 0 Å². The highest BCUT2D eigenvalue weighted by molar-refractivity contribution is 8.21. The third-order valence-corrected chi connectivity index (χ3v) is 8.21. The summed E-state index contributed by atoms with van der Waals surface area (Å²) in [6, 6.07) is -0.621. The van der Waals surface area contributed by atoms with Gasteiger partial charge in [-0.1, -0.05) is 5.11 Å². The standard InChI is InChI=1S/C13H21N3O6S2/c14-16-15-7-3-6(4-13(11(7)20)23-1-2-24-13)21-12-10(19)9(18)8(5-17)22-12/h6-12,17-20H,1-5H2/t6-,7-,8-,9-,10+,11+,12+/m1/s1. The van der Waals surface area contributed by atoms with E-state index in [2.05, 4.69) is 10.0 Å². The number of thioether (sulfide) groups is 2. The van der Waals surface area contributed by atoms with Crippen molar-refractivity contribution in [2.24, 2.45) is 5.11 Å². The van der Waals surface area contributed by atoms with Gasteiger partial charge in [0, 0.05) is 22.8 Å². The van der Waals surface area contributed by atoms with Crippen LogP contribution in [0.15, 0.2) is 5.11 Å². The number of ether oxygens (including phenoxy) is 2. The van der Waals surface area contributed by atoms with Gasteiger partial charge in [0.25, 0.3) is 0 Å². The topological polar surface area (TPSA) is 148 Å². The molecule has 3 rings (SSSR count). The second kappa shape index (κ2) is 7.56. The van der Waals surface area contributed by atoms with E-state index < -0.39 is 53.5 Å². The summed E-state index contributed by atoms with van der Waals surface area (Å²) in [4.78, 5) is 2.82. The Morgan fingerprint density at radius 3 is 2.54 bits per heavy atom. The Balaban J connectivity index is 1.72. The molecule has 7 atom stereocenters. The smallest absolute Gasteiger partial charge is 0.186 e. The number of nitrogens with zero attached hydrogens (tertiary/aromatic N) is 3. The zero-order chi connectivity index (χ0) is 17.3. The van der Waals surface area contributed by atoms with Gasteiger partial charge in [0.05, 0.1) is 28.9 Å². The normalized spacial score (nSPS) is 44.6. The van der Waals surface area contributed by atoms with Crippen molar-refractivity contribution in [1.29, 1.82) is 0 Å². The molecular weight excluding hydrogens is 358 g/mol. The predicted octanol–water partition coefficient (Wildman–Crippen LogP) is -0.179. The van der Waals surface area contributed by atoms with Gasteiger partial charge in [0.15, 0.2) is 6.29 Å². The molecule has 2 aliphatic heterocycles. The summed E-state index contributed by atoms with van der Waals surface area (Å²) in [5.41, 5.74) is 8.75. The van der Waals surface area contributed by atoms with Gasteiger partial charge >= 0.3 is 0 Å². The molecule has 1 aliphatic carbocycles. The van der Waals surface area contributed by atoms with E-state index in [0.29, 0.717) is 12.8 Å². The van der Waals surface area contributed by atoms with Crippen LogP contribution < -0.4 is 0 Å². The highest BCUT2D eigenvalue weighted by Crippen LogP contribution is 2.54. The molecule has 24 heavy (non-hydrogen) atoms. The average Bonchev–Trinajstić information content (AvgIpc) is 3.13. The molecule has 0 amide bonds. The van der Waals surface area contributed by atoms with E-state index in [1.165, 1.54) is 0 Å². The summed E-state index contributed by atoms with van der Waals surface area (Å²) in [5.74, 6) is 1.79. The first-order chi connectivity index (χ1) is 11.5. The van der Waals surface area contributed by atoms with E-state index in [1.807, 2.05) is 0 Å². The first-order valence-corrected chi connectivity index (χ1v) is 9.76. The Morgan fingerprint density at radius 1 is 1.25 bits per heavy atom. The number of hydrogen-bond donors (Lipinski definition) is 4. The SMILES string of the molecule is [N-]=[N+]=N[C@@H]1C[C@@H](O[C@H]2O[C@H](CO)[C@@H](O)[C@@H]2O)CC2(SCCS2)[C@H]1O. The minimum atomic E-state index is -1.26. The second-order valence-electron chi connectivity index (χ2n) is 6.13. The molecular formula is C13H21N3O6S2. The fourth-order valence-electron chi connectivity index (χ4n) is 3.42. The largest absolute Gasteiger partial charge is 0.394 e. The first-order valence-electron chi connectivity index (χ1n) is 7.79. The fourth-order valence-corrected chi connectivity index (χ4v) is 6.87. The van der Waals surface area contributed by atoms with Gasteiger partial charge in [-0.25, -0.2) is 0 Å². The van der Waals surface area contributed by atoms with E-state index in [9.17, 15) is 15.3 Å². The molecule has 2 heterocycles. The highest BCUT2D eigenvalue weighted by atomic mass is 32.2. The van der Waals surface area contributed by atoms with Gasteiger partial charge in [-0.2, -0.15) is 0 Å². The lowest BCUT2D eigenvalue weighted by Gasteiger charge is -2.44. The van der Waals surface area contributed by atoms with Gasteiger partial charge < -0.3 is 29.9 Å². The van der Waals surface area contributed by atoms with Crippen molar-refractivity contribution in [2.75, 3.05) is 18.1 Å². The van der Waals surface area contributed by atoms with E-state index in [1.54, 1.807) is 23.5 Å². The highest BCUT2D eigenvalue weighted by Gasteiger charge is 2.53. The monoisotopic (exact) mass is 379 g/mol. The summed E-state index contributed by atoms with van der Waals surface area (Å²) in [7, 11) is 0. The number of rotatable bonds is 4. The van der Waals surface area contributed by atoms with Crippen molar-refractivity contribution in [1.82, 2.24) is 0 Å². The van der Waals surface area contributed by atoms with Crippen molar-refractivity contribution in [2.45, 2.75) is 59.8 Å². The maximum Gasteiger partial charge on any atom is 0.186 e. The zero-order valence-electron chi connectivity index (χ0n) is 12.8. The van der Waals surface area contributed by atoms with Crippen LogP contribution in [-0.2, 0) is 9.47 Å². The van der Waals surface area contributed by atoms with Crippen LogP contribution >= 0.6 is 23.5 Å². The van der Waals surface area contributed by atoms with E-state index >= 15 is 0 Å². The van der Waals surface area contributed by atoms with Gasteiger partial charge in [0.1, 0.15) is 18.3 Å². The summed E-state index contributed by atoms with van der Waals surface area (Å²) < 4.78 is 10.7. The van der Waals surface area contributed by atoms with Gasteiger partial charge in [-0.15, -0.1) is 23.5 Å². The molecule has 0 radical (unpaired) electrons. The molecule has 3 fully saturated rings. The molecule has 0 bridgehead atoms. The summed E-state index contributed by atoms with van der Waals surface area (Å²) in [6.45, 7) is -0.418.